The Morgan fingerprint density at radius 1 is 1.09 bits per heavy atom. The summed E-state index contributed by atoms with van der Waals surface area (Å²) in [7, 11) is 0. The van der Waals surface area contributed by atoms with Gasteiger partial charge in [-0.3, -0.25) is 9.59 Å². The molecule has 0 aliphatic carbocycles. The number of nitrogens with one attached hydrogen (secondary N) is 2. The Bertz CT molecular complexity index is 876. The second kappa shape index (κ2) is 12.9. The number of hydrogen-bond donors (Lipinski definition) is 3. The Labute approximate surface area is 210 Å². The maximum absolute atomic E-state index is 13.9. The van der Waals surface area contributed by atoms with Crippen molar-refractivity contribution in [3.8, 4) is 0 Å². The first-order valence-corrected chi connectivity index (χ1v) is 12.5. The molecule has 3 amide bonds. The fourth-order valence-electron chi connectivity index (χ4n) is 3.69. The highest BCUT2D eigenvalue weighted by Crippen LogP contribution is 2.34. The monoisotopic (exact) mass is 491 g/mol. The van der Waals surface area contributed by atoms with Crippen LogP contribution < -0.4 is 10.6 Å². The molecule has 8 nitrogen and oxygen atoms in total. The molecule has 0 spiro atoms. The van der Waals surface area contributed by atoms with Gasteiger partial charge in [-0.1, -0.05) is 44.0 Å². The minimum Gasteiger partial charge on any atom is -0.444 e. The van der Waals surface area contributed by atoms with Gasteiger partial charge in [0.1, 0.15) is 17.7 Å². The lowest BCUT2D eigenvalue weighted by Gasteiger charge is -2.44. The number of ether oxygens (including phenoxy) is 1. The minimum atomic E-state index is -1.27. The molecule has 0 aliphatic heterocycles. The molecule has 1 aromatic carbocycles. The van der Waals surface area contributed by atoms with Gasteiger partial charge in [-0.2, -0.15) is 0 Å². The number of aryl methyl sites for hydroxylation is 2. The molecule has 0 bridgehead atoms. The van der Waals surface area contributed by atoms with Crippen LogP contribution in [0.4, 0.5) is 4.79 Å². The second-order valence-electron chi connectivity index (χ2n) is 10.7. The van der Waals surface area contributed by atoms with Gasteiger partial charge < -0.3 is 25.4 Å². The molecule has 0 saturated heterocycles. The van der Waals surface area contributed by atoms with E-state index < -0.39 is 41.8 Å². The Morgan fingerprint density at radius 2 is 1.71 bits per heavy atom. The minimum absolute atomic E-state index is 0.295. The lowest BCUT2D eigenvalue weighted by atomic mass is 9.89. The predicted molar refractivity (Wildman–Crippen MR) is 138 cm³/mol. The molecule has 0 aliphatic rings. The van der Waals surface area contributed by atoms with Gasteiger partial charge in [-0.25, -0.2) is 4.79 Å². The molecule has 2 unspecified atom stereocenters. The number of amides is 3. The van der Waals surface area contributed by atoms with Crippen molar-refractivity contribution < 1.29 is 24.2 Å². The number of benzene rings is 1. The van der Waals surface area contributed by atoms with Crippen LogP contribution in [0.25, 0.3) is 0 Å². The van der Waals surface area contributed by atoms with Crippen molar-refractivity contribution in [2.24, 2.45) is 0 Å². The number of alkyl carbamates (subject to hydrolysis) is 1. The molecule has 0 saturated carbocycles. The van der Waals surface area contributed by atoms with Crippen LogP contribution >= 0.6 is 0 Å². The Kier molecular flexibility index (Phi) is 11.2. The molecule has 0 heterocycles. The maximum Gasteiger partial charge on any atom is 0.408 e. The topological polar surface area (TPSA) is 108 Å². The number of hydrogen-bond acceptors (Lipinski definition) is 5. The van der Waals surface area contributed by atoms with Gasteiger partial charge in [-0.05, 0) is 72.4 Å². The van der Waals surface area contributed by atoms with E-state index in [1.54, 1.807) is 20.8 Å². The van der Waals surface area contributed by atoms with Crippen molar-refractivity contribution in [2.75, 3.05) is 13.2 Å². The Balaban J connectivity index is 3.58. The third-order valence-corrected chi connectivity index (χ3v) is 5.99. The van der Waals surface area contributed by atoms with Crippen LogP contribution in [-0.2, 0) is 14.3 Å². The molecular weight excluding hydrogens is 446 g/mol. The van der Waals surface area contributed by atoms with Crippen LogP contribution in [0.1, 0.15) is 90.5 Å². The third-order valence-electron chi connectivity index (χ3n) is 5.99. The third kappa shape index (κ3) is 8.84. The van der Waals surface area contributed by atoms with Gasteiger partial charge in [-0.15, -0.1) is 0 Å². The summed E-state index contributed by atoms with van der Waals surface area (Å²) in [5.41, 5.74) is 1.02. The van der Waals surface area contributed by atoms with Crippen molar-refractivity contribution in [1.29, 1.82) is 0 Å². The number of rotatable bonds is 11. The number of unbranched alkanes of at least 4 members (excludes halogenated alkanes) is 1. The Hall–Kier alpha value is -2.61. The number of nitrogens with zero attached hydrogens (tertiary/aromatic N) is 1. The molecule has 35 heavy (non-hydrogen) atoms. The van der Waals surface area contributed by atoms with E-state index >= 15 is 0 Å². The highest BCUT2D eigenvalue weighted by atomic mass is 16.6. The van der Waals surface area contributed by atoms with Gasteiger partial charge in [0.15, 0.2) is 0 Å². The lowest BCUT2D eigenvalue weighted by Crippen LogP contribution is -2.60. The van der Waals surface area contributed by atoms with Crippen LogP contribution in [0, 0.1) is 13.8 Å². The highest BCUT2D eigenvalue weighted by molar-refractivity contribution is 5.93. The Morgan fingerprint density at radius 3 is 2.23 bits per heavy atom. The summed E-state index contributed by atoms with van der Waals surface area (Å²) >= 11 is 0. The number of aliphatic hydroxyl groups is 1. The van der Waals surface area contributed by atoms with Crippen LogP contribution in [-0.4, -0.2) is 58.2 Å². The average Bonchev–Trinajstić information content (AvgIpc) is 2.75. The van der Waals surface area contributed by atoms with E-state index in [0.29, 0.717) is 18.5 Å². The first-order valence-electron chi connectivity index (χ1n) is 12.5. The molecule has 0 aromatic heterocycles. The SMILES string of the molecule is CCCCNC(=O)C(c1cc(C)ccc1C)N(C(=O)C(CO)NC(=O)OC(C)(C)C)C(C)(C)CC. The van der Waals surface area contributed by atoms with Crippen molar-refractivity contribution in [1.82, 2.24) is 15.5 Å². The molecule has 2 atom stereocenters. The van der Waals surface area contributed by atoms with E-state index in [0.717, 1.165) is 24.0 Å². The first-order chi connectivity index (χ1) is 16.2. The molecular formula is C27H45N3O5. The van der Waals surface area contributed by atoms with Gasteiger partial charge in [0.05, 0.1) is 6.61 Å². The van der Waals surface area contributed by atoms with Gasteiger partial charge in [0, 0.05) is 12.1 Å². The van der Waals surface area contributed by atoms with E-state index in [1.807, 2.05) is 59.7 Å². The van der Waals surface area contributed by atoms with Crippen LogP contribution in [0.15, 0.2) is 18.2 Å². The number of carbonyl (C=O) groups excluding carboxylic acids is 3. The van der Waals surface area contributed by atoms with E-state index in [9.17, 15) is 19.5 Å². The zero-order chi connectivity index (χ0) is 27.0. The van der Waals surface area contributed by atoms with E-state index in [2.05, 4.69) is 10.6 Å². The molecule has 8 heteroatoms. The average molecular weight is 492 g/mol. The predicted octanol–water partition coefficient (Wildman–Crippen LogP) is 4.16. The van der Waals surface area contributed by atoms with Gasteiger partial charge in [0.25, 0.3) is 0 Å². The zero-order valence-electron chi connectivity index (χ0n) is 22.9. The number of carbonyl (C=O) groups is 3. The zero-order valence-corrected chi connectivity index (χ0v) is 22.9. The molecule has 1 rings (SSSR count). The van der Waals surface area contributed by atoms with Crippen LogP contribution in [0.5, 0.6) is 0 Å². The van der Waals surface area contributed by atoms with Crippen molar-refractivity contribution >= 4 is 17.9 Å². The normalized spacial score (nSPS) is 13.5. The highest BCUT2D eigenvalue weighted by Gasteiger charge is 2.43. The summed E-state index contributed by atoms with van der Waals surface area (Å²) in [5, 5.41) is 15.5. The van der Waals surface area contributed by atoms with Crippen LogP contribution in [0.3, 0.4) is 0 Å². The maximum atomic E-state index is 13.9. The molecule has 198 valence electrons. The summed E-state index contributed by atoms with van der Waals surface area (Å²) in [4.78, 5) is 41.5. The van der Waals surface area contributed by atoms with Crippen molar-refractivity contribution in [3.05, 3.63) is 34.9 Å². The molecule has 1 aromatic rings. The summed E-state index contributed by atoms with van der Waals surface area (Å²) in [6, 6.07) is 3.60. The van der Waals surface area contributed by atoms with Gasteiger partial charge >= 0.3 is 6.09 Å². The lowest BCUT2D eigenvalue weighted by molar-refractivity contribution is -0.150. The van der Waals surface area contributed by atoms with E-state index in [-0.39, 0.29) is 5.91 Å². The quantitative estimate of drug-likeness (QED) is 0.403. The second-order valence-corrected chi connectivity index (χ2v) is 10.7. The van der Waals surface area contributed by atoms with Gasteiger partial charge in [0.2, 0.25) is 11.8 Å². The summed E-state index contributed by atoms with van der Waals surface area (Å²) in [5.74, 6) is -0.849. The van der Waals surface area contributed by atoms with Crippen LogP contribution in [0.2, 0.25) is 0 Å². The molecule has 3 N–H and O–H groups in total. The van der Waals surface area contributed by atoms with E-state index in [4.69, 9.17) is 4.74 Å². The fourth-order valence-corrected chi connectivity index (χ4v) is 3.69. The summed E-state index contributed by atoms with van der Waals surface area (Å²) < 4.78 is 5.29. The largest absolute Gasteiger partial charge is 0.444 e. The fraction of sp³-hybridized carbons (Fsp3) is 0.667. The first kappa shape index (κ1) is 30.4. The van der Waals surface area contributed by atoms with E-state index in [1.165, 1.54) is 4.90 Å². The number of aliphatic hydroxyl groups excluding tert-OH is 1. The standard InChI is InChI=1S/C27H45N3O5/c1-10-12-15-28-23(32)22(20-16-18(3)13-14-19(20)4)30(27(8,9)11-2)24(33)21(17-31)29-25(34)35-26(5,6)7/h13-14,16,21-22,31H,10-12,15,17H2,1-9H3,(H,28,32)(H,29,34). The van der Waals surface area contributed by atoms with Crippen molar-refractivity contribution in [3.63, 3.8) is 0 Å². The van der Waals surface area contributed by atoms with Crippen molar-refractivity contribution in [2.45, 2.75) is 105 Å². The molecule has 0 fully saturated rings. The summed E-state index contributed by atoms with van der Waals surface area (Å²) in [6.07, 6.45) is 1.47. The summed E-state index contributed by atoms with van der Waals surface area (Å²) in [6.45, 7) is 16.6. The molecule has 0 radical (unpaired) electrons. The smallest absolute Gasteiger partial charge is 0.408 e.